The molecule has 1 aliphatic carbocycles. The molecule has 16 heavy (non-hydrogen) atoms. The Morgan fingerprint density at radius 2 is 2.31 bits per heavy atom. The Balaban J connectivity index is 1.92. The minimum atomic E-state index is 0.122. The van der Waals surface area contributed by atoms with Crippen molar-refractivity contribution in [2.75, 3.05) is 5.32 Å². The van der Waals surface area contributed by atoms with Crippen LogP contribution in [0.4, 0.5) is 5.13 Å². The van der Waals surface area contributed by atoms with Gasteiger partial charge in [-0.1, -0.05) is 23.5 Å². The fourth-order valence-electron chi connectivity index (χ4n) is 1.69. The van der Waals surface area contributed by atoms with Gasteiger partial charge < -0.3 is 5.32 Å². The van der Waals surface area contributed by atoms with Crippen molar-refractivity contribution in [3.8, 4) is 0 Å². The highest BCUT2D eigenvalue weighted by molar-refractivity contribution is 7.22. The van der Waals surface area contributed by atoms with Gasteiger partial charge in [-0.2, -0.15) is 0 Å². The summed E-state index contributed by atoms with van der Waals surface area (Å²) in [5.74, 6) is 0.352. The Kier molecular flexibility index (Phi) is 2.17. The zero-order valence-corrected chi connectivity index (χ0v) is 9.80. The normalized spacial score (nSPS) is 15.3. The van der Waals surface area contributed by atoms with Gasteiger partial charge in [-0.15, -0.1) is 0 Å². The van der Waals surface area contributed by atoms with E-state index in [1.165, 1.54) is 5.56 Å². The van der Waals surface area contributed by atoms with E-state index in [2.05, 4.69) is 23.3 Å². The molecule has 0 bridgehead atoms. The van der Waals surface area contributed by atoms with E-state index in [0.717, 1.165) is 28.2 Å². The van der Waals surface area contributed by atoms with Crippen molar-refractivity contribution in [2.24, 2.45) is 5.92 Å². The molecular formula is C12H12N2OS. The van der Waals surface area contributed by atoms with Gasteiger partial charge in [-0.25, -0.2) is 4.98 Å². The molecule has 1 amide bonds. The Morgan fingerprint density at radius 3 is 3.00 bits per heavy atom. The number of nitrogens with zero attached hydrogens (tertiary/aromatic N) is 1. The fraction of sp³-hybridized carbons (Fsp3) is 0.333. The summed E-state index contributed by atoms with van der Waals surface area (Å²) >= 11 is 1.55. The van der Waals surface area contributed by atoms with Gasteiger partial charge in [0, 0.05) is 5.92 Å². The summed E-state index contributed by atoms with van der Waals surface area (Å²) in [6, 6.07) is 6.03. The van der Waals surface area contributed by atoms with E-state index in [1.54, 1.807) is 11.3 Å². The molecule has 82 valence electrons. The third-order valence-corrected chi connectivity index (χ3v) is 3.91. The number of nitrogens with one attached hydrogen (secondary N) is 1. The molecule has 4 heteroatoms. The number of carbonyl (C=O) groups excluding carboxylic acids is 1. The molecule has 3 rings (SSSR count). The number of anilines is 1. The van der Waals surface area contributed by atoms with Crippen LogP contribution in [-0.4, -0.2) is 10.9 Å². The van der Waals surface area contributed by atoms with Gasteiger partial charge >= 0.3 is 0 Å². The summed E-state index contributed by atoms with van der Waals surface area (Å²) in [7, 11) is 0. The third kappa shape index (κ3) is 1.69. The molecule has 1 N–H and O–H groups in total. The highest BCUT2D eigenvalue weighted by Crippen LogP contribution is 2.32. The van der Waals surface area contributed by atoms with E-state index in [1.807, 2.05) is 12.1 Å². The number of aryl methyl sites for hydroxylation is 1. The number of aromatic nitrogens is 1. The molecule has 1 aromatic heterocycles. The highest BCUT2D eigenvalue weighted by atomic mass is 32.1. The molecule has 0 aliphatic heterocycles. The number of carbonyl (C=O) groups is 1. The number of amides is 1. The molecule has 0 unspecified atom stereocenters. The van der Waals surface area contributed by atoms with Crippen LogP contribution < -0.4 is 5.32 Å². The van der Waals surface area contributed by atoms with Crippen molar-refractivity contribution in [1.29, 1.82) is 0 Å². The van der Waals surface area contributed by atoms with Crippen LogP contribution in [0.3, 0.4) is 0 Å². The smallest absolute Gasteiger partial charge is 0.229 e. The van der Waals surface area contributed by atoms with Crippen molar-refractivity contribution in [3.05, 3.63) is 23.8 Å². The van der Waals surface area contributed by atoms with E-state index >= 15 is 0 Å². The lowest BCUT2D eigenvalue weighted by atomic mass is 10.2. The van der Waals surface area contributed by atoms with Gasteiger partial charge in [0.25, 0.3) is 0 Å². The minimum Gasteiger partial charge on any atom is -0.302 e. The van der Waals surface area contributed by atoms with Crippen LogP contribution in [0.25, 0.3) is 10.2 Å². The van der Waals surface area contributed by atoms with E-state index in [-0.39, 0.29) is 11.8 Å². The van der Waals surface area contributed by atoms with E-state index < -0.39 is 0 Å². The molecule has 3 nitrogen and oxygen atoms in total. The van der Waals surface area contributed by atoms with E-state index in [0.29, 0.717) is 0 Å². The first kappa shape index (κ1) is 9.78. The van der Waals surface area contributed by atoms with Gasteiger partial charge in [0.05, 0.1) is 10.2 Å². The molecule has 0 spiro atoms. The van der Waals surface area contributed by atoms with Gasteiger partial charge in [0.2, 0.25) is 5.91 Å². The van der Waals surface area contributed by atoms with Gasteiger partial charge in [-0.3, -0.25) is 4.79 Å². The molecule has 1 fully saturated rings. The van der Waals surface area contributed by atoms with Crippen molar-refractivity contribution in [2.45, 2.75) is 19.8 Å². The first-order valence-corrected chi connectivity index (χ1v) is 6.23. The lowest BCUT2D eigenvalue weighted by molar-refractivity contribution is -0.117. The topological polar surface area (TPSA) is 42.0 Å². The lowest BCUT2D eigenvalue weighted by Gasteiger charge is -1.96. The largest absolute Gasteiger partial charge is 0.302 e. The van der Waals surface area contributed by atoms with Crippen LogP contribution in [0.5, 0.6) is 0 Å². The van der Waals surface area contributed by atoms with Crippen LogP contribution in [0.15, 0.2) is 18.2 Å². The molecule has 2 aromatic rings. The maximum Gasteiger partial charge on any atom is 0.229 e. The quantitative estimate of drug-likeness (QED) is 0.865. The van der Waals surface area contributed by atoms with Crippen LogP contribution >= 0.6 is 11.3 Å². The van der Waals surface area contributed by atoms with Crippen molar-refractivity contribution < 1.29 is 4.79 Å². The first-order chi connectivity index (χ1) is 7.74. The summed E-state index contributed by atoms with van der Waals surface area (Å²) in [5.41, 5.74) is 2.18. The highest BCUT2D eigenvalue weighted by Gasteiger charge is 2.30. The maximum absolute atomic E-state index is 11.6. The lowest BCUT2D eigenvalue weighted by Crippen LogP contribution is -2.12. The Bertz CT molecular complexity index is 557. The number of hydrogen-bond acceptors (Lipinski definition) is 3. The zero-order valence-electron chi connectivity index (χ0n) is 8.99. The summed E-state index contributed by atoms with van der Waals surface area (Å²) in [6.45, 7) is 2.06. The summed E-state index contributed by atoms with van der Waals surface area (Å²) in [5, 5.41) is 3.61. The van der Waals surface area contributed by atoms with Gasteiger partial charge in [0.15, 0.2) is 5.13 Å². The number of rotatable bonds is 2. The second kappa shape index (κ2) is 3.56. The monoisotopic (exact) mass is 232 g/mol. The summed E-state index contributed by atoms with van der Waals surface area (Å²) < 4.78 is 1.16. The Morgan fingerprint density at radius 1 is 1.50 bits per heavy atom. The maximum atomic E-state index is 11.6. The van der Waals surface area contributed by atoms with Crippen molar-refractivity contribution in [1.82, 2.24) is 4.98 Å². The Hall–Kier alpha value is -1.42. The predicted octanol–water partition coefficient (Wildman–Crippen LogP) is 2.95. The molecule has 0 atom stereocenters. The molecular weight excluding hydrogens is 220 g/mol. The zero-order chi connectivity index (χ0) is 11.1. The van der Waals surface area contributed by atoms with E-state index in [9.17, 15) is 4.79 Å². The second-order valence-corrected chi connectivity index (χ2v) is 5.20. The number of hydrogen-bond donors (Lipinski definition) is 1. The summed E-state index contributed by atoms with van der Waals surface area (Å²) in [6.07, 6.45) is 2.05. The van der Waals surface area contributed by atoms with Crippen LogP contribution in [0, 0.1) is 12.8 Å². The molecule has 0 saturated heterocycles. The van der Waals surface area contributed by atoms with Crippen LogP contribution in [0.1, 0.15) is 18.4 Å². The average molecular weight is 232 g/mol. The van der Waals surface area contributed by atoms with Gasteiger partial charge in [-0.05, 0) is 31.4 Å². The summed E-state index contributed by atoms with van der Waals surface area (Å²) in [4.78, 5) is 16.0. The molecule has 1 heterocycles. The average Bonchev–Trinajstić information content (AvgIpc) is 3.01. The van der Waals surface area contributed by atoms with Crippen molar-refractivity contribution >= 4 is 32.6 Å². The Labute approximate surface area is 97.5 Å². The number of fused-ring (bicyclic) bond motifs is 1. The fourth-order valence-corrected chi connectivity index (χ4v) is 2.63. The first-order valence-electron chi connectivity index (χ1n) is 5.41. The van der Waals surface area contributed by atoms with Gasteiger partial charge in [0.1, 0.15) is 0 Å². The molecule has 1 aliphatic rings. The second-order valence-electron chi connectivity index (χ2n) is 4.21. The minimum absolute atomic E-state index is 0.122. The van der Waals surface area contributed by atoms with Crippen molar-refractivity contribution in [3.63, 3.8) is 0 Å². The predicted molar refractivity (Wildman–Crippen MR) is 65.7 cm³/mol. The molecule has 0 radical (unpaired) electrons. The third-order valence-electron chi connectivity index (χ3n) is 2.79. The van der Waals surface area contributed by atoms with Crippen LogP contribution in [0.2, 0.25) is 0 Å². The number of benzene rings is 1. The van der Waals surface area contributed by atoms with E-state index in [4.69, 9.17) is 0 Å². The number of thiazole rings is 1. The standard InChI is InChI=1S/C12H12N2OS/c1-7-3-2-4-9-10(7)16-12(13-9)14-11(15)8-5-6-8/h2-4,8H,5-6H2,1H3,(H,13,14,15). The molecule has 1 aromatic carbocycles. The molecule has 1 saturated carbocycles. The van der Waals surface area contributed by atoms with Crippen LogP contribution in [-0.2, 0) is 4.79 Å². The SMILES string of the molecule is Cc1cccc2nc(NC(=O)C3CC3)sc12.